The number of nitrogens with one attached hydrogen (secondary N) is 1. The molecule has 0 fully saturated rings. The number of aromatic nitrogens is 1. The summed E-state index contributed by atoms with van der Waals surface area (Å²) in [5.41, 5.74) is 3.87. The Morgan fingerprint density at radius 3 is 2.94 bits per heavy atom. The third kappa shape index (κ3) is 2.75. The molecule has 2 aromatic rings. The first-order valence-electron chi connectivity index (χ1n) is 4.76. The van der Waals surface area contributed by atoms with Crippen LogP contribution in [-0.2, 0) is 0 Å². The zero-order valence-corrected chi connectivity index (χ0v) is 11.7. The van der Waals surface area contributed by atoms with E-state index in [1.165, 1.54) is 0 Å². The molecule has 0 saturated carbocycles. The first-order chi connectivity index (χ1) is 7.66. The number of hydrogen-bond donors (Lipinski definition) is 1. The van der Waals surface area contributed by atoms with Gasteiger partial charge in [-0.2, -0.15) is 0 Å². The van der Waals surface area contributed by atoms with Gasteiger partial charge in [0.2, 0.25) is 0 Å². The summed E-state index contributed by atoms with van der Waals surface area (Å²) < 4.78 is 0.904. The third-order valence-electron chi connectivity index (χ3n) is 2.20. The Morgan fingerprint density at radius 2 is 2.31 bits per heavy atom. The van der Waals surface area contributed by atoms with Crippen molar-refractivity contribution in [3.63, 3.8) is 0 Å². The SMILES string of the molecule is CC(Nc1ccc(Br)c(Cl)c1)c1cscn1. The Balaban J connectivity index is 2.12. The minimum absolute atomic E-state index is 0.184. The summed E-state index contributed by atoms with van der Waals surface area (Å²) in [7, 11) is 0. The molecule has 1 heterocycles. The summed E-state index contributed by atoms with van der Waals surface area (Å²) in [6.45, 7) is 2.07. The van der Waals surface area contributed by atoms with Crippen LogP contribution in [0.25, 0.3) is 0 Å². The molecule has 1 unspecified atom stereocenters. The van der Waals surface area contributed by atoms with E-state index in [0.29, 0.717) is 5.02 Å². The van der Waals surface area contributed by atoms with Crippen LogP contribution in [0.4, 0.5) is 5.69 Å². The van der Waals surface area contributed by atoms with Gasteiger partial charge in [-0.25, -0.2) is 4.98 Å². The van der Waals surface area contributed by atoms with E-state index in [0.717, 1.165) is 15.9 Å². The lowest BCUT2D eigenvalue weighted by atomic mass is 10.2. The number of benzene rings is 1. The molecule has 1 aromatic carbocycles. The van der Waals surface area contributed by atoms with Crippen molar-refractivity contribution in [1.29, 1.82) is 0 Å². The van der Waals surface area contributed by atoms with Crippen LogP contribution < -0.4 is 5.32 Å². The average Bonchev–Trinajstić information content (AvgIpc) is 2.77. The zero-order valence-electron chi connectivity index (χ0n) is 8.58. The maximum atomic E-state index is 6.02. The van der Waals surface area contributed by atoms with Gasteiger partial charge in [0.25, 0.3) is 0 Å². The molecular formula is C11H10BrClN2S. The molecule has 0 saturated heterocycles. The summed E-state index contributed by atoms with van der Waals surface area (Å²) in [5, 5.41) is 6.10. The Labute approximate surface area is 112 Å². The van der Waals surface area contributed by atoms with Crippen molar-refractivity contribution < 1.29 is 0 Å². The Morgan fingerprint density at radius 1 is 1.50 bits per heavy atom. The second-order valence-corrected chi connectivity index (χ2v) is 5.39. The van der Waals surface area contributed by atoms with E-state index < -0.39 is 0 Å². The zero-order chi connectivity index (χ0) is 11.5. The van der Waals surface area contributed by atoms with Gasteiger partial charge in [-0.05, 0) is 41.1 Å². The summed E-state index contributed by atoms with van der Waals surface area (Å²) in [6.07, 6.45) is 0. The fourth-order valence-electron chi connectivity index (χ4n) is 1.35. The number of rotatable bonds is 3. The average molecular weight is 318 g/mol. The molecule has 0 aliphatic carbocycles. The van der Waals surface area contributed by atoms with Crippen LogP contribution in [0.15, 0.2) is 33.6 Å². The number of hydrogen-bond acceptors (Lipinski definition) is 3. The monoisotopic (exact) mass is 316 g/mol. The van der Waals surface area contributed by atoms with E-state index in [-0.39, 0.29) is 6.04 Å². The van der Waals surface area contributed by atoms with E-state index in [9.17, 15) is 0 Å². The third-order valence-corrected chi connectivity index (χ3v) is 4.04. The van der Waals surface area contributed by atoms with Crippen LogP contribution in [0.3, 0.4) is 0 Å². The second-order valence-electron chi connectivity index (χ2n) is 3.41. The molecular weight excluding hydrogens is 308 g/mol. The topological polar surface area (TPSA) is 24.9 Å². The second kappa shape index (κ2) is 5.17. The van der Waals surface area contributed by atoms with E-state index in [1.807, 2.05) is 29.1 Å². The lowest BCUT2D eigenvalue weighted by molar-refractivity contribution is 0.850. The van der Waals surface area contributed by atoms with Crippen LogP contribution in [0.5, 0.6) is 0 Å². The van der Waals surface area contributed by atoms with Gasteiger partial charge in [0.1, 0.15) is 0 Å². The molecule has 0 amide bonds. The lowest BCUT2D eigenvalue weighted by Gasteiger charge is -2.13. The summed E-state index contributed by atoms with van der Waals surface area (Å²) >= 11 is 11.0. The summed E-state index contributed by atoms with van der Waals surface area (Å²) in [4.78, 5) is 4.27. The number of nitrogens with zero attached hydrogens (tertiary/aromatic N) is 1. The van der Waals surface area contributed by atoms with Gasteiger partial charge in [0.15, 0.2) is 0 Å². The van der Waals surface area contributed by atoms with Gasteiger partial charge < -0.3 is 5.32 Å². The first kappa shape index (κ1) is 11.9. The highest BCUT2D eigenvalue weighted by atomic mass is 79.9. The van der Waals surface area contributed by atoms with Gasteiger partial charge in [-0.15, -0.1) is 11.3 Å². The minimum Gasteiger partial charge on any atom is -0.377 e. The molecule has 84 valence electrons. The molecule has 2 nitrogen and oxygen atoms in total. The van der Waals surface area contributed by atoms with Gasteiger partial charge >= 0.3 is 0 Å². The number of anilines is 1. The largest absolute Gasteiger partial charge is 0.377 e. The van der Waals surface area contributed by atoms with E-state index in [1.54, 1.807) is 11.3 Å². The maximum Gasteiger partial charge on any atom is 0.0795 e. The van der Waals surface area contributed by atoms with Crippen molar-refractivity contribution in [2.24, 2.45) is 0 Å². The van der Waals surface area contributed by atoms with Crippen LogP contribution in [0.2, 0.25) is 5.02 Å². The van der Waals surface area contributed by atoms with Crippen LogP contribution in [0, 0.1) is 0 Å². The Kier molecular flexibility index (Phi) is 3.84. The van der Waals surface area contributed by atoms with Gasteiger partial charge in [0.05, 0.1) is 22.3 Å². The van der Waals surface area contributed by atoms with E-state index in [4.69, 9.17) is 11.6 Å². The molecule has 1 aromatic heterocycles. The van der Waals surface area contributed by atoms with Crippen molar-refractivity contribution in [1.82, 2.24) is 4.98 Å². The van der Waals surface area contributed by atoms with Crippen LogP contribution >= 0.6 is 38.9 Å². The molecule has 1 N–H and O–H groups in total. The molecule has 2 rings (SSSR count). The van der Waals surface area contributed by atoms with Gasteiger partial charge in [0, 0.05) is 15.5 Å². The number of halogens is 2. The molecule has 0 radical (unpaired) electrons. The molecule has 0 aliphatic rings. The molecule has 5 heteroatoms. The highest BCUT2D eigenvalue weighted by molar-refractivity contribution is 9.10. The van der Waals surface area contributed by atoms with Crippen molar-refractivity contribution in [3.8, 4) is 0 Å². The first-order valence-corrected chi connectivity index (χ1v) is 6.88. The Hall–Kier alpha value is -0.580. The van der Waals surface area contributed by atoms with Crippen molar-refractivity contribution in [3.05, 3.63) is 44.3 Å². The highest BCUT2D eigenvalue weighted by Crippen LogP contribution is 2.27. The predicted molar refractivity (Wildman–Crippen MR) is 73.3 cm³/mol. The lowest BCUT2D eigenvalue weighted by Crippen LogP contribution is -2.06. The van der Waals surface area contributed by atoms with Crippen molar-refractivity contribution >= 4 is 44.6 Å². The van der Waals surface area contributed by atoms with Gasteiger partial charge in [-0.3, -0.25) is 0 Å². The summed E-state index contributed by atoms with van der Waals surface area (Å²) in [6, 6.07) is 6.00. The summed E-state index contributed by atoms with van der Waals surface area (Å²) in [5.74, 6) is 0. The van der Waals surface area contributed by atoms with Gasteiger partial charge in [-0.1, -0.05) is 11.6 Å². The van der Waals surface area contributed by atoms with E-state index in [2.05, 4.69) is 33.2 Å². The van der Waals surface area contributed by atoms with Crippen LogP contribution in [0.1, 0.15) is 18.7 Å². The fourth-order valence-corrected chi connectivity index (χ4v) is 2.42. The van der Waals surface area contributed by atoms with Crippen LogP contribution in [-0.4, -0.2) is 4.98 Å². The molecule has 0 spiro atoms. The minimum atomic E-state index is 0.184. The molecule has 1 atom stereocenters. The Bertz CT molecular complexity index is 473. The predicted octanol–water partition coefficient (Wildman–Crippen LogP) is 4.73. The van der Waals surface area contributed by atoms with E-state index >= 15 is 0 Å². The number of thiazole rings is 1. The quantitative estimate of drug-likeness (QED) is 0.885. The standard InChI is InChI=1S/C11H10BrClN2S/c1-7(11-5-16-6-14-11)15-8-2-3-9(12)10(13)4-8/h2-7,15H,1H3. The van der Waals surface area contributed by atoms with Crippen molar-refractivity contribution in [2.75, 3.05) is 5.32 Å². The normalized spacial score (nSPS) is 12.4. The fraction of sp³-hybridized carbons (Fsp3) is 0.182. The molecule has 0 aliphatic heterocycles. The smallest absolute Gasteiger partial charge is 0.0795 e. The maximum absolute atomic E-state index is 6.02. The molecule has 16 heavy (non-hydrogen) atoms. The van der Waals surface area contributed by atoms with Crippen molar-refractivity contribution in [2.45, 2.75) is 13.0 Å². The highest BCUT2D eigenvalue weighted by Gasteiger charge is 2.07. The molecule has 0 bridgehead atoms.